The number of aryl methyl sites for hydroxylation is 1. The summed E-state index contributed by atoms with van der Waals surface area (Å²) in [6, 6.07) is 8.01. The Balaban J connectivity index is 0.00000512. The lowest BCUT2D eigenvalue weighted by atomic mass is 10.1. The fourth-order valence-electron chi connectivity index (χ4n) is 3.11. The number of likely N-dealkylation sites (N-methyl/N-ethyl adjacent to an activating group) is 2. The minimum Gasteiger partial charge on any atom is -0.497 e. The molecule has 1 N–H and O–H groups in total. The molecule has 0 saturated carbocycles. The predicted molar refractivity (Wildman–Crippen MR) is 138 cm³/mol. The number of benzene rings is 1. The van der Waals surface area contributed by atoms with Crippen LogP contribution in [0.4, 0.5) is 0 Å². The normalized spacial score (nSPS) is 11.0. The first kappa shape index (κ1) is 27.7. The molecule has 0 radical (unpaired) electrons. The molecule has 1 aromatic heterocycles. The van der Waals surface area contributed by atoms with Gasteiger partial charge in [-0.3, -0.25) is 4.79 Å². The first-order chi connectivity index (χ1) is 14.9. The summed E-state index contributed by atoms with van der Waals surface area (Å²) in [4.78, 5) is 21.0. The van der Waals surface area contributed by atoms with E-state index in [9.17, 15) is 4.79 Å². The van der Waals surface area contributed by atoms with E-state index in [-0.39, 0.29) is 36.4 Å². The van der Waals surface area contributed by atoms with E-state index < -0.39 is 0 Å². The number of nitrogens with one attached hydrogen (secondary N) is 1. The Labute approximate surface area is 208 Å². The molecule has 32 heavy (non-hydrogen) atoms. The number of nitrogens with zero attached hydrogens (tertiary/aromatic N) is 6. The largest absolute Gasteiger partial charge is 0.497 e. The van der Waals surface area contributed by atoms with Gasteiger partial charge in [-0.1, -0.05) is 12.1 Å². The Bertz CT molecular complexity index is 864. The molecule has 2 rings (SSSR count). The maximum Gasteiger partial charge on any atom is 0.242 e. The van der Waals surface area contributed by atoms with E-state index in [0.717, 1.165) is 23.8 Å². The number of hydrogen-bond acceptors (Lipinski definition) is 5. The molecule has 0 aliphatic rings. The van der Waals surface area contributed by atoms with Crippen molar-refractivity contribution < 1.29 is 9.53 Å². The molecule has 0 spiro atoms. The van der Waals surface area contributed by atoms with Crippen molar-refractivity contribution >= 4 is 35.8 Å². The van der Waals surface area contributed by atoms with Crippen molar-refractivity contribution in [1.29, 1.82) is 0 Å². The third kappa shape index (κ3) is 7.95. The van der Waals surface area contributed by atoms with Gasteiger partial charge >= 0.3 is 0 Å². The molecule has 0 fully saturated rings. The van der Waals surface area contributed by atoms with Gasteiger partial charge in [0.2, 0.25) is 5.91 Å². The molecule has 9 nitrogen and oxygen atoms in total. The van der Waals surface area contributed by atoms with Crippen LogP contribution in [0.2, 0.25) is 0 Å². The number of aromatic nitrogens is 3. The van der Waals surface area contributed by atoms with Crippen molar-refractivity contribution in [3.63, 3.8) is 0 Å². The molecule has 0 atom stereocenters. The minimum absolute atomic E-state index is 0. The molecule has 1 heterocycles. The van der Waals surface area contributed by atoms with Gasteiger partial charge in [-0.05, 0) is 44.9 Å². The zero-order chi connectivity index (χ0) is 22.8. The molecule has 2 aromatic rings. The van der Waals surface area contributed by atoms with E-state index >= 15 is 0 Å². The zero-order valence-electron chi connectivity index (χ0n) is 20.0. The maximum absolute atomic E-state index is 12.6. The molecule has 0 aliphatic heterocycles. The second-order valence-electron chi connectivity index (χ2n) is 7.31. The fourth-order valence-corrected chi connectivity index (χ4v) is 3.11. The fraction of sp³-hybridized carbons (Fsp3) is 0.545. The molecular formula is C22H36IN7O2. The molecule has 0 saturated heterocycles. The van der Waals surface area contributed by atoms with Crippen LogP contribution in [0.5, 0.6) is 5.75 Å². The van der Waals surface area contributed by atoms with Crippen LogP contribution in [0.25, 0.3) is 0 Å². The van der Waals surface area contributed by atoms with Crippen molar-refractivity contribution in [2.75, 3.05) is 40.3 Å². The molecule has 0 unspecified atom stereocenters. The molecular weight excluding hydrogens is 521 g/mol. The Morgan fingerprint density at radius 1 is 1.19 bits per heavy atom. The number of rotatable bonds is 10. The van der Waals surface area contributed by atoms with Crippen molar-refractivity contribution in [2.24, 2.45) is 12.0 Å². The Hall–Kier alpha value is -2.37. The van der Waals surface area contributed by atoms with Crippen LogP contribution in [-0.2, 0) is 24.8 Å². The van der Waals surface area contributed by atoms with Gasteiger partial charge in [-0.25, -0.2) is 4.99 Å². The second kappa shape index (κ2) is 13.9. The van der Waals surface area contributed by atoms with Crippen LogP contribution in [0.3, 0.4) is 0 Å². The van der Waals surface area contributed by atoms with E-state index in [4.69, 9.17) is 9.73 Å². The van der Waals surface area contributed by atoms with E-state index in [0.29, 0.717) is 32.1 Å². The highest BCUT2D eigenvalue weighted by Gasteiger charge is 2.16. The lowest BCUT2D eigenvalue weighted by Gasteiger charge is -2.26. The van der Waals surface area contributed by atoms with Crippen molar-refractivity contribution in [1.82, 2.24) is 29.9 Å². The van der Waals surface area contributed by atoms with Gasteiger partial charge in [0.15, 0.2) is 11.8 Å². The van der Waals surface area contributed by atoms with Crippen molar-refractivity contribution in [3.8, 4) is 5.75 Å². The summed E-state index contributed by atoms with van der Waals surface area (Å²) < 4.78 is 7.13. The Morgan fingerprint density at radius 3 is 2.38 bits per heavy atom. The summed E-state index contributed by atoms with van der Waals surface area (Å²) in [7, 11) is 5.46. The highest BCUT2D eigenvalue weighted by atomic mass is 127. The molecule has 178 valence electrons. The summed E-state index contributed by atoms with van der Waals surface area (Å²) >= 11 is 0. The van der Waals surface area contributed by atoms with Gasteiger partial charge in [0.1, 0.15) is 18.1 Å². The number of ether oxygens (including phenoxy) is 1. The van der Waals surface area contributed by atoms with Crippen LogP contribution < -0.4 is 10.1 Å². The van der Waals surface area contributed by atoms with Crippen LogP contribution in [0.15, 0.2) is 29.3 Å². The quantitative estimate of drug-likeness (QED) is 0.274. The number of hydrogen-bond donors (Lipinski definition) is 1. The number of carbonyl (C=O) groups is 1. The Kier molecular flexibility index (Phi) is 12.0. The Morgan fingerprint density at radius 2 is 1.84 bits per heavy atom. The number of methoxy groups -OCH3 is 1. The maximum atomic E-state index is 12.6. The molecule has 1 amide bonds. The average molecular weight is 557 g/mol. The first-order valence-corrected chi connectivity index (χ1v) is 10.6. The van der Waals surface area contributed by atoms with E-state index in [2.05, 4.69) is 15.5 Å². The summed E-state index contributed by atoms with van der Waals surface area (Å²) in [5, 5.41) is 11.7. The first-order valence-electron chi connectivity index (χ1n) is 10.6. The van der Waals surface area contributed by atoms with E-state index in [1.807, 2.05) is 73.5 Å². The van der Waals surface area contributed by atoms with E-state index in [1.54, 1.807) is 7.11 Å². The summed E-state index contributed by atoms with van der Waals surface area (Å²) in [5.41, 5.74) is 1.19. The monoisotopic (exact) mass is 557 g/mol. The highest BCUT2D eigenvalue weighted by Crippen LogP contribution is 2.11. The minimum atomic E-state index is 0. The van der Waals surface area contributed by atoms with Crippen molar-refractivity contribution in [2.45, 2.75) is 33.7 Å². The number of halogens is 1. The molecule has 0 bridgehead atoms. The van der Waals surface area contributed by atoms with Crippen LogP contribution >= 0.6 is 24.0 Å². The molecule has 1 aromatic carbocycles. The summed E-state index contributed by atoms with van der Waals surface area (Å²) in [5.74, 6) is 3.19. The number of carbonyl (C=O) groups excluding carboxylic acids is 1. The van der Waals surface area contributed by atoms with Gasteiger partial charge < -0.3 is 24.4 Å². The zero-order valence-corrected chi connectivity index (χ0v) is 22.3. The van der Waals surface area contributed by atoms with Crippen LogP contribution in [0, 0.1) is 6.92 Å². The third-order valence-electron chi connectivity index (χ3n) is 5.26. The van der Waals surface area contributed by atoms with E-state index in [1.165, 1.54) is 5.56 Å². The van der Waals surface area contributed by atoms with Gasteiger partial charge in [-0.15, -0.1) is 34.2 Å². The second-order valence-corrected chi connectivity index (χ2v) is 7.31. The van der Waals surface area contributed by atoms with Gasteiger partial charge in [0.25, 0.3) is 0 Å². The SMILES string of the molecule is CCN(CC)C(=O)CN(C)C(=NCc1nnc(C)n1C)NCCc1ccc(OC)cc1.I. The van der Waals surface area contributed by atoms with Gasteiger partial charge in [0.05, 0.1) is 13.7 Å². The van der Waals surface area contributed by atoms with Crippen LogP contribution in [-0.4, -0.2) is 76.8 Å². The van der Waals surface area contributed by atoms with Gasteiger partial charge in [0, 0.05) is 33.7 Å². The topological polar surface area (TPSA) is 87.9 Å². The summed E-state index contributed by atoms with van der Waals surface area (Å²) in [6.45, 7) is 8.59. The van der Waals surface area contributed by atoms with Gasteiger partial charge in [-0.2, -0.15) is 0 Å². The number of amides is 1. The van der Waals surface area contributed by atoms with Crippen molar-refractivity contribution in [3.05, 3.63) is 41.5 Å². The summed E-state index contributed by atoms with van der Waals surface area (Å²) in [6.07, 6.45) is 0.823. The predicted octanol–water partition coefficient (Wildman–Crippen LogP) is 2.24. The van der Waals surface area contributed by atoms with Crippen LogP contribution in [0.1, 0.15) is 31.1 Å². The lowest BCUT2D eigenvalue weighted by molar-refractivity contribution is -0.131. The number of aliphatic imine (C=N–C) groups is 1. The molecule has 0 aliphatic carbocycles. The standard InChI is InChI=1S/C22H35N7O2.HI/c1-7-29(8-2)21(30)16-27(4)22(24-15-20-26-25-17(3)28(20)5)23-14-13-18-9-11-19(31-6)12-10-18;/h9-12H,7-8,13-16H2,1-6H3,(H,23,24);1H. The lowest BCUT2D eigenvalue weighted by Crippen LogP contribution is -2.46. The highest BCUT2D eigenvalue weighted by molar-refractivity contribution is 14.0. The average Bonchev–Trinajstić information content (AvgIpc) is 3.09. The smallest absolute Gasteiger partial charge is 0.242 e. The number of guanidine groups is 1. The molecule has 10 heteroatoms. The third-order valence-corrected chi connectivity index (χ3v) is 5.26.